The van der Waals surface area contributed by atoms with Crippen LogP contribution in [0.3, 0.4) is 0 Å². The Morgan fingerprint density at radius 2 is 1.85 bits per heavy atom. The van der Waals surface area contributed by atoms with Crippen LogP contribution in [0, 0.1) is 6.92 Å². The van der Waals surface area contributed by atoms with Crippen molar-refractivity contribution in [2.45, 2.75) is 64.5 Å². The first-order chi connectivity index (χ1) is 16.3. The summed E-state index contributed by atoms with van der Waals surface area (Å²) in [6.07, 6.45) is 5.02. The molecular weight excluding hydrogens is 440 g/mol. The Bertz CT molecular complexity index is 830. The number of nitrogens with zero attached hydrogens (tertiary/aromatic N) is 1. The van der Waals surface area contributed by atoms with Crippen LogP contribution in [0.2, 0.25) is 0 Å². The Kier molecular flexibility index (Phi) is 13.6. The quantitative estimate of drug-likeness (QED) is 0.186. The van der Waals surface area contributed by atoms with Crippen molar-refractivity contribution in [2.75, 3.05) is 25.5 Å². The Morgan fingerprint density at radius 3 is 2.50 bits per heavy atom. The Morgan fingerprint density at radius 1 is 1.12 bits per heavy atom. The highest BCUT2D eigenvalue weighted by Crippen LogP contribution is 2.19. The summed E-state index contributed by atoms with van der Waals surface area (Å²) in [6, 6.07) is 4.79. The van der Waals surface area contributed by atoms with Crippen molar-refractivity contribution in [1.29, 1.82) is 0 Å². The van der Waals surface area contributed by atoms with Crippen LogP contribution < -0.4 is 16.0 Å². The van der Waals surface area contributed by atoms with Crippen molar-refractivity contribution in [1.82, 2.24) is 15.5 Å². The van der Waals surface area contributed by atoms with E-state index in [0.29, 0.717) is 25.1 Å². The molecule has 0 aromatic heterocycles. The molecule has 0 aliphatic heterocycles. The molecule has 1 unspecified atom stereocenters. The SMILES string of the molecule is CNC(=O)C(CCC=O)N(C=O)Cc1cc(NCC(=O)NCCCCCCC(=O)O)ccc1C. The Balaban J connectivity index is 2.59. The maximum absolute atomic E-state index is 12.2. The number of rotatable bonds is 18. The molecule has 0 saturated carbocycles. The Labute approximate surface area is 200 Å². The van der Waals surface area contributed by atoms with E-state index in [1.807, 2.05) is 25.1 Å². The third kappa shape index (κ3) is 10.9. The normalized spacial score (nSPS) is 11.2. The van der Waals surface area contributed by atoms with Gasteiger partial charge in [0.25, 0.3) is 0 Å². The van der Waals surface area contributed by atoms with Gasteiger partial charge in [-0.15, -0.1) is 0 Å². The molecule has 0 aliphatic rings. The van der Waals surface area contributed by atoms with E-state index in [9.17, 15) is 24.0 Å². The molecule has 0 spiro atoms. The molecule has 188 valence electrons. The number of carboxylic acids is 1. The summed E-state index contributed by atoms with van der Waals surface area (Å²) in [4.78, 5) is 58.6. The van der Waals surface area contributed by atoms with Crippen LogP contribution >= 0.6 is 0 Å². The summed E-state index contributed by atoms with van der Waals surface area (Å²) in [5, 5.41) is 17.0. The van der Waals surface area contributed by atoms with Gasteiger partial charge in [0.2, 0.25) is 18.2 Å². The van der Waals surface area contributed by atoms with E-state index in [4.69, 9.17) is 5.11 Å². The number of nitrogens with one attached hydrogen (secondary N) is 3. The third-order valence-electron chi connectivity index (χ3n) is 5.44. The van der Waals surface area contributed by atoms with Gasteiger partial charge in [0.05, 0.1) is 6.54 Å². The lowest BCUT2D eigenvalue weighted by Crippen LogP contribution is -2.45. The molecule has 3 amide bonds. The van der Waals surface area contributed by atoms with Crippen molar-refractivity contribution in [3.8, 4) is 0 Å². The summed E-state index contributed by atoms with van der Waals surface area (Å²) in [6.45, 7) is 2.70. The summed E-state index contributed by atoms with van der Waals surface area (Å²) in [7, 11) is 1.49. The van der Waals surface area contributed by atoms with Crippen LogP contribution in [-0.2, 0) is 30.5 Å². The average molecular weight is 477 g/mol. The summed E-state index contributed by atoms with van der Waals surface area (Å²) < 4.78 is 0. The smallest absolute Gasteiger partial charge is 0.303 e. The van der Waals surface area contributed by atoms with Crippen molar-refractivity contribution in [3.05, 3.63) is 29.3 Å². The zero-order valence-corrected chi connectivity index (χ0v) is 20.0. The number of carboxylic acid groups (broad SMARTS) is 1. The number of carbonyl (C=O) groups excluding carboxylic acids is 4. The van der Waals surface area contributed by atoms with Crippen molar-refractivity contribution in [2.24, 2.45) is 0 Å². The predicted octanol–water partition coefficient (Wildman–Crippen LogP) is 1.61. The van der Waals surface area contributed by atoms with E-state index >= 15 is 0 Å². The minimum Gasteiger partial charge on any atom is -0.481 e. The molecule has 0 saturated heterocycles. The van der Waals surface area contributed by atoms with Crippen molar-refractivity contribution < 1.29 is 29.1 Å². The van der Waals surface area contributed by atoms with Gasteiger partial charge in [0, 0.05) is 38.7 Å². The highest BCUT2D eigenvalue weighted by molar-refractivity contribution is 5.83. The fraction of sp³-hybridized carbons (Fsp3) is 0.542. The molecule has 34 heavy (non-hydrogen) atoms. The second kappa shape index (κ2) is 16.2. The minimum atomic E-state index is -0.790. The highest BCUT2D eigenvalue weighted by Gasteiger charge is 2.24. The second-order valence-corrected chi connectivity index (χ2v) is 8.05. The first-order valence-electron chi connectivity index (χ1n) is 11.5. The number of aliphatic carboxylic acids is 1. The molecule has 10 nitrogen and oxygen atoms in total. The van der Waals surface area contributed by atoms with Crippen LogP contribution in [-0.4, -0.2) is 66.7 Å². The second-order valence-electron chi connectivity index (χ2n) is 8.05. The zero-order chi connectivity index (χ0) is 25.3. The van der Waals surface area contributed by atoms with Crippen LogP contribution in [0.5, 0.6) is 0 Å². The molecule has 1 atom stereocenters. The zero-order valence-electron chi connectivity index (χ0n) is 20.0. The maximum Gasteiger partial charge on any atom is 0.303 e. The summed E-state index contributed by atoms with van der Waals surface area (Å²) in [5.74, 6) is -1.28. The standard InChI is InChI=1S/C24H36N4O6/c1-18-10-11-20(27-15-22(31)26-12-6-4-3-5-9-23(32)33)14-19(18)16-28(17-30)21(8-7-13-29)24(34)25-2/h10-11,13-14,17,21,27H,3-9,12,15-16H2,1-2H3,(H,25,34)(H,26,31)(H,32,33). The van der Waals surface area contributed by atoms with E-state index in [0.717, 1.165) is 36.7 Å². The number of amides is 3. The largest absolute Gasteiger partial charge is 0.481 e. The molecule has 10 heteroatoms. The van der Waals surface area contributed by atoms with Crippen LogP contribution in [0.1, 0.15) is 56.1 Å². The minimum absolute atomic E-state index is 0.0825. The molecule has 0 aliphatic carbocycles. The summed E-state index contributed by atoms with van der Waals surface area (Å²) in [5.41, 5.74) is 2.45. The lowest BCUT2D eigenvalue weighted by molar-refractivity contribution is -0.137. The van der Waals surface area contributed by atoms with Crippen LogP contribution in [0.25, 0.3) is 0 Å². The van der Waals surface area contributed by atoms with Gasteiger partial charge in [-0.05, 0) is 49.4 Å². The molecule has 0 radical (unpaired) electrons. The van der Waals surface area contributed by atoms with Crippen molar-refractivity contribution >= 4 is 36.2 Å². The third-order valence-corrected chi connectivity index (χ3v) is 5.44. The Hall–Kier alpha value is -3.43. The van der Waals surface area contributed by atoms with Crippen LogP contribution in [0.4, 0.5) is 5.69 Å². The van der Waals surface area contributed by atoms with Gasteiger partial charge in [0.15, 0.2) is 0 Å². The molecule has 1 aromatic carbocycles. The molecule has 0 bridgehead atoms. The van der Waals surface area contributed by atoms with Gasteiger partial charge in [0.1, 0.15) is 12.3 Å². The van der Waals surface area contributed by atoms with Crippen LogP contribution in [0.15, 0.2) is 18.2 Å². The molecule has 0 heterocycles. The molecule has 1 rings (SSSR count). The van der Waals surface area contributed by atoms with E-state index in [2.05, 4.69) is 16.0 Å². The van der Waals surface area contributed by atoms with Gasteiger partial charge >= 0.3 is 5.97 Å². The lowest BCUT2D eigenvalue weighted by atomic mass is 10.0. The molecule has 4 N–H and O–H groups in total. The van der Waals surface area contributed by atoms with E-state index in [1.165, 1.54) is 11.9 Å². The number of hydrogen-bond acceptors (Lipinski definition) is 6. The van der Waals surface area contributed by atoms with Gasteiger partial charge in [-0.2, -0.15) is 0 Å². The topological polar surface area (TPSA) is 145 Å². The monoisotopic (exact) mass is 476 g/mol. The first-order valence-corrected chi connectivity index (χ1v) is 11.5. The first kappa shape index (κ1) is 28.6. The number of unbranched alkanes of at least 4 members (excludes halogenated alkanes) is 3. The van der Waals surface area contributed by atoms with Crippen molar-refractivity contribution in [3.63, 3.8) is 0 Å². The fourth-order valence-corrected chi connectivity index (χ4v) is 3.44. The number of anilines is 1. The number of carbonyl (C=O) groups is 5. The predicted molar refractivity (Wildman–Crippen MR) is 128 cm³/mol. The summed E-state index contributed by atoms with van der Waals surface area (Å²) >= 11 is 0. The van der Waals surface area contributed by atoms with E-state index < -0.39 is 12.0 Å². The van der Waals surface area contributed by atoms with Gasteiger partial charge in [-0.25, -0.2) is 0 Å². The maximum atomic E-state index is 12.2. The number of benzene rings is 1. The average Bonchev–Trinajstić information content (AvgIpc) is 2.82. The number of hydrogen-bond donors (Lipinski definition) is 4. The highest BCUT2D eigenvalue weighted by atomic mass is 16.4. The van der Waals surface area contributed by atoms with Gasteiger partial charge < -0.3 is 30.8 Å². The van der Waals surface area contributed by atoms with E-state index in [-0.39, 0.29) is 44.2 Å². The number of aryl methyl sites for hydroxylation is 1. The lowest BCUT2D eigenvalue weighted by Gasteiger charge is -2.27. The number of aldehydes is 1. The molecular formula is C24H36N4O6. The van der Waals surface area contributed by atoms with Gasteiger partial charge in [-0.3, -0.25) is 19.2 Å². The molecule has 0 fully saturated rings. The molecule has 1 aromatic rings. The fourth-order valence-electron chi connectivity index (χ4n) is 3.44. The number of likely N-dealkylation sites (N-methyl/N-ethyl adjacent to an activating group) is 1. The van der Waals surface area contributed by atoms with E-state index in [1.54, 1.807) is 0 Å². The van der Waals surface area contributed by atoms with Gasteiger partial charge in [-0.1, -0.05) is 18.9 Å².